The fourth-order valence-corrected chi connectivity index (χ4v) is 5.02. The number of anilines is 1. The van der Waals surface area contributed by atoms with Gasteiger partial charge in [-0.2, -0.15) is 0 Å². The lowest BCUT2D eigenvalue weighted by Crippen LogP contribution is -2.54. The molecule has 0 bridgehead atoms. The molecule has 0 N–H and O–H groups in total. The number of benzene rings is 3. The van der Waals surface area contributed by atoms with Gasteiger partial charge >= 0.3 is 0 Å². The Morgan fingerprint density at radius 1 is 0.846 bits per heavy atom. The summed E-state index contributed by atoms with van der Waals surface area (Å²) in [6, 6.07) is 30.2. The summed E-state index contributed by atoms with van der Waals surface area (Å²) in [6.45, 7) is 4.14. The molecule has 1 fully saturated rings. The number of ether oxygens (including phenoxy) is 1. The summed E-state index contributed by atoms with van der Waals surface area (Å²) in [5.74, 6) is 0.478. The predicted octanol–water partition coefficient (Wildman–Crippen LogP) is 6.27. The molecule has 5 rings (SSSR count). The van der Waals surface area contributed by atoms with E-state index >= 15 is 0 Å². The highest BCUT2D eigenvalue weighted by atomic mass is 35.5. The second kappa shape index (κ2) is 13.0. The third kappa shape index (κ3) is 7.30. The van der Waals surface area contributed by atoms with Crippen molar-refractivity contribution in [3.63, 3.8) is 0 Å². The molecule has 2 heterocycles. The van der Waals surface area contributed by atoms with Gasteiger partial charge in [0.2, 0.25) is 12.3 Å². The second-order valence-corrected chi connectivity index (χ2v) is 10.4. The first-order valence-corrected chi connectivity index (χ1v) is 13.7. The van der Waals surface area contributed by atoms with Crippen LogP contribution < -0.4 is 9.64 Å². The largest absolute Gasteiger partial charge is 0.452 e. The third-order valence-corrected chi connectivity index (χ3v) is 7.50. The van der Waals surface area contributed by atoms with Crippen LogP contribution >= 0.6 is 23.2 Å². The predicted molar refractivity (Wildman–Crippen MR) is 156 cm³/mol. The van der Waals surface area contributed by atoms with Crippen LogP contribution in [-0.4, -0.2) is 47.1 Å². The minimum Gasteiger partial charge on any atom is -0.452 e. The number of hydrogen-bond acceptors (Lipinski definition) is 5. The van der Waals surface area contributed by atoms with Crippen LogP contribution in [0, 0.1) is 0 Å². The molecule has 1 unspecified atom stereocenters. The lowest BCUT2D eigenvalue weighted by molar-refractivity contribution is -0.131. The molecule has 200 valence electrons. The van der Waals surface area contributed by atoms with Gasteiger partial charge in [-0.25, -0.2) is 4.98 Å². The van der Waals surface area contributed by atoms with Crippen LogP contribution in [0.1, 0.15) is 16.7 Å². The van der Waals surface area contributed by atoms with Gasteiger partial charge < -0.3 is 14.5 Å². The average Bonchev–Trinajstić information content (AvgIpc) is 2.96. The van der Waals surface area contributed by atoms with Gasteiger partial charge in [-0.05, 0) is 34.9 Å². The van der Waals surface area contributed by atoms with E-state index in [-0.39, 0.29) is 0 Å². The van der Waals surface area contributed by atoms with E-state index in [9.17, 15) is 4.79 Å². The minimum atomic E-state index is -0.407. The van der Waals surface area contributed by atoms with Crippen LogP contribution in [-0.2, 0) is 24.4 Å². The smallest absolute Gasteiger partial charge is 0.215 e. The van der Waals surface area contributed by atoms with Gasteiger partial charge in [-0.3, -0.25) is 9.69 Å². The normalized spacial score (nSPS) is 15.6. The van der Waals surface area contributed by atoms with E-state index in [1.54, 1.807) is 4.90 Å². The average molecular weight is 562 g/mol. The number of piperazine rings is 1. The standard InChI is InChI=1S/C31H30Cl2N4O2/c32-28-13-11-26(17-29(28)33)21-37(20-25-9-5-2-6-10-25)27-12-14-30(34-18-27)39-31-22-35(15-16-36(31)23-38)19-24-7-3-1-4-8-24/h1-14,17-18,23,31H,15-16,19-22H2. The van der Waals surface area contributed by atoms with E-state index in [2.05, 4.69) is 39.0 Å². The summed E-state index contributed by atoms with van der Waals surface area (Å²) < 4.78 is 6.22. The fourth-order valence-electron chi connectivity index (χ4n) is 4.70. The molecule has 0 aliphatic carbocycles. The van der Waals surface area contributed by atoms with Crippen molar-refractivity contribution >= 4 is 35.3 Å². The van der Waals surface area contributed by atoms with E-state index in [1.165, 1.54) is 11.1 Å². The number of amides is 1. The Balaban J connectivity index is 1.30. The van der Waals surface area contributed by atoms with Crippen LogP contribution in [0.5, 0.6) is 5.88 Å². The van der Waals surface area contributed by atoms with Crippen molar-refractivity contribution in [3.8, 4) is 5.88 Å². The van der Waals surface area contributed by atoms with Crippen LogP contribution in [0.25, 0.3) is 0 Å². The zero-order valence-corrected chi connectivity index (χ0v) is 23.0. The summed E-state index contributed by atoms with van der Waals surface area (Å²) in [6.07, 6.45) is 2.26. The Morgan fingerprint density at radius 2 is 1.56 bits per heavy atom. The minimum absolute atomic E-state index is 0.407. The van der Waals surface area contributed by atoms with Crippen molar-refractivity contribution in [3.05, 3.63) is 124 Å². The van der Waals surface area contributed by atoms with Gasteiger partial charge in [-0.15, -0.1) is 0 Å². The Labute approximate surface area is 239 Å². The summed E-state index contributed by atoms with van der Waals surface area (Å²) in [5.41, 5.74) is 4.40. The van der Waals surface area contributed by atoms with Crippen molar-refractivity contribution in [2.75, 3.05) is 24.5 Å². The molecule has 8 heteroatoms. The summed E-state index contributed by atoms with van der Waals surface area (Å²) in [5, 5.41) is 1.07. The molecule has 1 aliphatic heterocycles. The monoisotopic (exact) mass is 560 g/mol. The maximum absolute atomic E-state index is 11.7. The first kappa shape index (κ1) is 27.0. The van der Waals surface area contributed by atoms with Crippen molar-refractivity contribution in [2.24, 2.45) is 0 Å². The van der Waals surface area contributed by atoms with Gasteiger partial charge in [0, 0.05) is 38.8 Å². The molecule has 1 amide bonds. The molecule has 0 spiro atoms. The molecule has 4 aromatic rings. The Bertz CT molecular complexity index is 1360. The Morgan fingerprint density at radius 3 is 2.23 bits per heavy atom. The summed E-state index contributed by atoms with van der Waals surface area (Å²) in [4.78, 5) is 22.6. The van der Waals surface area contributed by atoms with E-state index in [1.807, 2.05) is 72.9 Å². The molecule has 1 aromatic heterocycles. The topological polar surface area (TPSA) is 48.9 Å². The van der Waals surface area contributed by atoms with Crippen LogP contribution in [0.4, 0.5) is 5.69 Å². The molecule has 1 atom stereocenters. The zero-order valence-electron chi connectivity index (χ0n) is 21.5. The van der Waals surface area contributed by atoms with Crippen molar-refractivity contribution in [1.82, 2.24) is 14.8 Å². The molecular weight excluding hydrogens is 531 g/mol. The first-order chi connectivity index (χ1) is 19.1. The number of pyridine rings is 1. The van der Waals surface area contributed by atoms with Crippen LogP contribution in [0.2, 0.25) is 10.0 Å². The highest BCUT2D eigenvalue weighted by molar-refractivity contribution is 6.42. The first-order valence-electron chi connectivity index (χ1n) is 12.9. The van der Waals surface area contributed by atoms with E-state index in [0.717, 1.165) is 30.8 Å². The highest BCUT2D eigenvalue weighted by Crippen LogP contribution is 2.27. The lowest BCUT2D eigenvalue weighted by atomic mass is 10.1. The van der Waals surface area contributed by atoms with Crippen molar-refractivity contribution < 1.29 is 9.53 Å². The zero-order chi connectivity index (χ0) is 27.0. The van der Waals surface area contributed by atoms with E-state index in [0.29, 0.717) is 42.1 Å². The van der Waals surface area contributed by atoms with E-state index in [4.69, 9.17) is 27.9 Å². The number of hydrogen-bond donors (Lipinski definition) is 0. The number of halogens is 2. The molecule has 0 saturated carbocycles. The maximum Gasteiger partial charge on any atom is 0.215 e. The van der Waals surface area contributed by atoms with Gasteiger partial charge in [0.15, 0.2) is 6.23 Å². The van der Waals surface area contributed by atoms with Crippen LogP contribution in [0.3, 0.4) is 0 Å². The number of aromatic nitrogens is 1. The third-order valence-electron chi connectivity index (χ3n) is 6.76. The lowest BCUT2D eigenvalue weighted by Gasteiger charge is -2.38. The fraction of sp³-hybridized carbons (Fsp3) is 0.226. The van der Waals surface area contributed by atoms with Crippen LogP contribution in [0.15, 0.2) is 97.2 Å². The van der Waals surface area contributed by atoms with Crippen molar-refractivity contribution in [2.45, 2.75) is 25.9 Å². The Kier molecular flexibility index (Phi) is 8.99. The number of carbonyl (C=O) groups excluding carboxylic acids is 1. The molecule has 1 aliphatic rings. The molecule has 6 nitrogen and oxygen atoms in total. The van der Waals surface area contributed by atoms with Gasteiger partial charge in [0.25, 0.3) is 0 Å². The van der Waals surface area contributed by atoms with Crippen molar-refractivity contribution in [1.29, 1.82) is 0 Å². The SMILES string of the molecule is O=CN1CCN(Cc2ccccc2)CC1Oc1ccc(N(Cc2ccccc2)Cc2ccc(Cl)c(Cl)c2)cn1. The summed E-state index contributed by atoms with van der Waals surface area (Å²) >= 11 is 12.4. The maximum atomic E-state index is 11.7. The molecule has 39 heavy (non-hydrogen) atoms. The van der Waals surface area contributed by atoms with E-state index < -0.39 is 6.23 Å². The number of carbonyl (C=O) groups is 1. The quantitative estimate of drug-likeness (QED) is 0.214. The number of nitrogens with zero attached hydrogens (tertiary/aromatic N) is 4. The second-order valence-electron chi connectivity index (χ2n) is 9.58. The molecular formula is C31H30Cl2N4O2. The van der Waals surface area contributed by atoms with Gasteiger partial charge in [0.1, 0.15) is 0 Å². The molecule has 0 radical (unpaired) electrons. The van der Waals surface area contributed by atoms with Gasteiger partial charge in [-0.1, -0.05) is 89.9 Å². The highest BCUT2D eigenvalue weighted by Gasteiger charge is 2.28. The molecule has 3 aromatic carbocycles. The Hall–Kier alpha value is -3.58. The molecule has 1 saturated heterocycles. The number of rotatable bonds is 10. The summed E-state index contributed by atoms with van der Waals surface area (Å²) in [7, 11) is 0. The van der Waals surface area contributed by atoms with Gasteiger partial charge in [0.05, 0.1) is 28.5 Å².